The number of nitrogens with zero attached hydrogens (tertiary/aromatic N) is 1. The van der Waals surface area contributed by atoms with Crippen molar-refractivity contribution >= 4 is 23.4 Å². The summed E-state index contributed by atoms with van der Waals surface area (Å²) in [7, 11) is 0. The molecular formula is C19H24BrN2O4S-. The molecule has 2 aromatic rings. The third kappa shape index (κ3) is 7.68. The predicted octanol–water partition coefficient (Wildman–Crippen LogP) is 1.13. The molecule has 0 aliphatic carbocycles. The molecule has 148 valence electrons. The highest BCUT2D eigenvalue weighted by Gasteiger charge is 2.24. The van der Waals surface area contributed by atoms with Crippen LogP contribution in [0.5, 0.6) is 0 Å². The average molecular weight is 456 g/mol. The summed E-state index contributed by atoms with van der Waals surface area (Å²) in [6, 6.07) is 9.35. The number of nitrogens with one attached hydrogen (secondary N) is 1. The van der Waals surface area contributed by atoms with E-state index in [0.717, 1.165) is 5.56 Å². The third-order valence-corrected chi connectivity index (χ3v) is 4.24. The molecular weight excluding hydrogens is 432 g/mol. The zero-order valence-electron chi connectivity index (χ0n) is 15.8. The largest absolute Gasteiger partial charge is 1.00 e. The highest BCUT2D eigenvalue weighted by molar-refractivity contribution is 7.09. The van der Waals surface area contributed by atoms with Crippen molar-refractivity contribution in [2.75, 3.05) is 6.61 Å². The summed E-state index contributed by atoms with van der Waals surface area (Å²) in [5, 5.41) is 5.13. The molecule has 1 amide bonds. The number of carbonyl (C=O) groups excluding carboxylic acids is 2. The molecule has 2 rings (SSSR count). The fraction of sp³-hybridized carbons (Fsp3) is 0.421. The van der Waals surface area contributed by atoms with Gasteiger partial charge in [0.1, 0.15) is 10.6 Å². The highest BCUT2D eigenvalue weighted by Crippen LogP contribution is 2.23. The first-order chi connectivity index (χ1) is 12.3. The Kier molecular flexibility index (Phi) is 8.92. The van der Waals surface area contributed by atoms with Gasteiger partial charge < -0.3 is 31.8 Å². The van der Waals surface area contributed by atoms with E-state index in [9.17, 15) is 9.59 Å². The van der Waals surface area contributed by atoms with Crippen LogP contribution in [0.15, 0.2) is 35.7 Å². The number of benzene rings is 1. The molecule has 0 unspecified atom stereocenters. The van der Waals surface area contributed by atoms with Gasteiger partial charge in [-0.2, -0.15) is 0 Å². The van der Waals surface area contributed by atoms with Crippen LogP contribution in [0, 0.1) is 0 Å². The van der Waals surface area contributed by atoms with E-state index in [0.29, 0.717) is 11.4 Å². The van der Waals surface area contributed by atoms with Gasteiger partial charge in [0.25, 0.3) is 0 Å². The SMILES string of the molecule is CCOC(=O)c1csc([C@H](Cc2ccccc2)NC(=O)OC(C)(C)C)n1.[Br-]. The lowest BCUT2D eigenvalue weighted by atomic mass is 10.1. The summed E-state index contributed by atoms with van der Waals surface area (Å²) in [4.78, 5) is 28.4. The molecule has 0 spiro atoms. The second-order valence-corrected chi connectivity index (χ2v) is 7.57. The number of hydrogen-bond acceptors (Lipinski definition) is 6. The normalized spacial score (nSPS) is 11.9. The molecule has 0 aliphatic heterocycles. The first-order valence-corrected chi connectivity index (χ1v) is 9.32. The maximum Gasteiger partial charge on any atom is 0.408 e. The number of carbonyl (C=O) groups is 2. The van der Waals surface area contributed by atoms with E-state index >= 15 is 0 Å². The molecule has 1 atom stereocenters. The van der Waals surface area contributed by atoms with Crippen LogP contribution in [0.3, 0.4) is 0 Å². The summed E-state index contributed by atoms with van der Waals surface area (Å²) in [5.74, 6) is -0.467. The molecule has 0 saturated heterocycles. The quantitative estimate of drug-likeness (QED) is 0.660. The van der Waals surface area contributed by atoms with Gasteiger partial charge in [-0.05, 0) is 39.7 Å². The van der Waals surface area contributed by atoms with Crippen LogP contribution < -0.4 is 22.3 Å². The highest BCUT2D eigenvalue weighted by atomic mass is 79.9. The Labute approximate surface area is 174 Å². The predicted molar refractivity (Wildman–Crippen MR) is 100 cm³/mol. The number of aromatic nitrogens is 1. The molecule has 1 heterocycles. The number of alkyl carbamates (subject to hydrolysis) is 1. The van der Waals surface area contributed by atoms with E-state index in [-0.39, 0.29) is 29.3 Å². The molecule has 0 fully saturated rings. The van der Waals surface area contributed by atoms with Crippen molar-refractivity contribution in [3.05, 3.63) is 52.0 Å². The van der Waals surface area contributed by atoms with Gasteiger partial charge in [-0.25, -0.2) is 14.6 Å². The van der Waals surface area contributed by atoms with Crippen LogP contribution in [-0.4, -0.2) is 29.3 Å². The van der Waals surface area contributed by atoms with Gasteiger partial charge in [-0.1, -0.05) is 30.3 Å². The lowest BCUT2D eigenvalue weighted by Gasteiger charge is -2.23. The standard InChI is InChI=1S/C19H24N2O4S.BrH/c1-5-24-17(22)15-12-26-16(20-15)14(11-13-9-7-6-8-10-13)21-18(23)25-19(2,3)4;/h6-10,12,14H,5,11H2,1-4H3,(H,21,23);1H/p-1/t14-;/m0./s1. The van der Waals surface area contributed by atoms with E-state index in [1.807, 2.05) is 30.3 Å². The van der Waals surface area contributed by atoms with Crippen LogP contribution >= 0.6 is 11.3 Å². The summed E-state index contributed by atoms with van der Waals surface area (Å²) in [6.45, 7) is 7.45. The van der Waals surface area contributed by atoms with Gasteiger partial charge in [0.15, 0.2) is 5.69 Å². The number of hydrogen-bond donors (Lipinski definition) is 1. The molecule has 8 heteroatoms. The number of halogens is 1. The Morgan fingerprint density at radius 2 is 1.89 bits per heavy atom. The number of esters is 1. The number of ether oxygens (including phenoxy) is 2. The van der Waals surface area contributed by atoms with Crippen LogP contribution in [-0.2, 0) is 15.9 Å². The molecule has 1 aromatic carbocycles. The Morgan fingerprint density at radius 3 is 2.48 bits per heavy atom. The zero-order valence-corrected chi connectivity index (χ0v) is 18.2. The van der Waals surface area contributed by atoms with Gasteiger partial charge in [-0.3, -0.25) is 0 Å². The Bertz CT molecular complexity index is 744. The summed E-state index contributed by atoms with van der Waals surface area (Å²) >= 11 is 1.31. The molecule has 1 N–H and O–H groups in total. The molecule has 0 bridgehead atoms. The zero-order chi connectivity index (χ0) is 19.2. The Hall–Kier alpha value is -1.93. The van der Waals surface area contributed by atoms with Gasteiger partial charge in [0.2, 0.25) is 0 Å². The second-order valence-electron chi connectivity index (χ2n) is 6.68. The monoisotopic (exact) mass is 455 g/mol. The van der Waals surface area contributed by atoms with Crippen LogP contribution in [0.2, 0.25) is 0 Å². The van der Waals surface area contributed by atoms with Crippen molar-refractivity contribution in [2.24, 2.45) is 0 Å². The fourth-order valence-corrected chi connectivity index (χ4v) is 3.09. The van der Waals surface area contributed by atoms with Gasteiger partial charge >= 0.3 is 12.1 Å². The third-order valence-electron chi connectivity index (χ3n) is 3.28. The fourth-order valence-electron chi connectivity index (χ4n) is 2.25. The Morgan fingerprint density at radius 1 is 1.22 bits per heavy atom. The van der Waals surface area contributed by atoms with Crippen LogP contribution in [0.1, 0.15) is 54.8 Å². The molecule has 1 aromatic heterocycles. The lowest BCUT2D eigenvalue weighted by molar-refractivity contribution is -0.0000462. The first-order valence-electron chi connectivity index (χ1n) is 8.44. The molecule has 27 heavy (non-hydrogen) atoms. The average Bonchev–Trinajstić information content (AvgIpc) is 3.04. The summed E-state index contributed by atoms with van der Waals surface area (Å²) in [5.41, 5.74) is 0.692. The van der Waals surface area contributed by atoms with E-state index in [4.69, 9.17) is 9.47 Å². The minimum absolute atomic E-state index is 0. The van der Waals surface area contributed by atoms with Crippen molar-refractivity contribution in [1.82, 2.24) is 10.3 Å². The maximum atomic E-state index is 12.2. The van der Waals surface area contributed by atoms with Crippen molar-refractivity contribution < 1.29 is 36.0 Å². The van der Waals surface area contributed by atoms with Gasteiger partial charge in [0, 0.05) is 5.38 Å². The van der Waals surface area contributed by atoms with Crippen molar-refractivity contribution in [2.45, 2.75) is 45.8 Å². The van der Waals surface area contributed by atoms with Crippen molar-refractivity contribution in [3.63, 3.8) is 0 Å². The first kappa shape index (κ1) is 23.1. The topological polar surface area (TPSA) is 77.5 Å². The Balaban J connectivity index is 0.00000364. The van der Waals surface area contributed by atoms with Crippen LogP contribution in [0.4, 0.5) is 4.79 Å². The maximum absolute atomic E-state index is 12.2. The number of rotatable bonds is 6. The minimum atomic E-state index is -0.597. The molecule has 0 saturated carbocycles. The number of amides is 1. The van der Waals surface area contributed by atoms with Crippen molar-refractivity contribution in [1.29, 1.82) is 0 Å². The van der Waals surface area contributed by atoms with Crippen molar-refractivity contribution in [3.8, 4) is 0 Å². The summed E-state index contributed by atoms with van der Waals surface area (Å²) in [6.07, 6.45) is 0.0156. The van der Waals surface area contributed by atoms with Crippen LogP contribution in [0.25, 0.3) is 0 Å². The molecule has 0 aliphatic rings. The minimum Gasteiger partial charge on any atom is -1.00 e. The van der Waals surface area contributed by atoms with E-state index in [2.05, 4.69) is 10.3 Å². The van der Waals surface area contributed by atoms with Gasteiger partial charge in [0.05, 0.1) is 12.6 Å². The lowest BCUT2D eigenvalue weighted by Crippen LogP contribution is -3.00. The van der Waals surface area contributed by atoms with E-state index < -0.39 is 23.7 Å². The van der Waals surface area contributed by atoms with E-state index in [1.54, 1.807) is 33.1 Å². The smallest absolute Gasteiger partial charge is 0.408 e. The molecule has 6 nitrogen and oxygen atoms in total. The summed E-state index contributed by atoms with van der Waals surface area (Å²) < 4.78 is 10.3. The number of thiazole rings is 1. The molecule has 0 radical (unpaired) electrons. The van der Waals surface area contributed by atoms with Gasteiger partial charge in [-0.15, -0.1) is 11.3 Å². The second kappa shape index (κ2) is 10.4. The van der Waals surface area contributed by atoms with E-state index in [1.165, 1.54) is 11.3 Å².